The SMILES string of the molecule is CCOCCOC(=O)Cn1ncc2ccccc2c1=O. The van der Waals surface area contributed by atoms with E-state index < -0.39 is 5.97 Å². The molecule has 0 aliphatic rings. The van der Waals surface area contributed by atoms with Gasteiger partial charge in [-0.2, -0.15) is 5.10 Å². The van der Waals surface area contributed by atoms with E-state index in [9.17, 15) is 9.59 Å². The molecule has 0 aliphatic carbocycles. The standard InChI is InChI=1S/C14H16N2O4/c1-2-19-7-8-20-13(17)10-16-14(18)12-6-4-3-5-11(12)9-15-16/h3-6,9H,2,7-8,10H2,1H3. The first-order valence-electron chi connectivity index (χ1n) is 6.40. The summed E-state index contributed by atoms with van der Waals surface area (Å²) < 4.78 is 11.1. The second kappa shape index (κ2) is 6.81. The molecule has 0 unspecified atom stereocenters. The van der Waals surface area contributed by atoms with Crippen molar-refractivity contribution >= 4 is 16.7 Å². The molecule has 0 saturated heterocycles. The average molecular weight is 276 g/mol. The molecule has 0 bridgehead atoms. The number of fused-ring (bicyclic) bond motifs is 1. The van der Waals surface area contributed by atoms with Crippen molar-refractivity contribution in [3.05, 3.63) is 40.8 Å². The Morgan fingerprint density at radius 1 is 1.30 bits per heavy atom. The second-order valence-electron chi connectivity index (χ2n) is 4.11. The molecule has 1 aromatic carbocycles. The van der Waals surface area contributed by atoms with Crippen molar-refractivity contribution < 1.29 is 14.3 Å². The smallest absolute Gasteiger partial charge is 0.328 e. The molecule has 0 N–H and O–H groups in total. The minimum atomic E-state index is -0.505. The lowest BCUT2D eigenvalue weighted by Crippen LogP contribution is -2.28. The molecule has 6 heteroatoms. The third-order valence-electron chi connectivity index (χ3n) is 2.74. The Hall–Kier alpha value is -2.21. The number of rotatable bonds is 6. The zero-order valence-corrected chi connectivity index (χ0v) is 11.2. The Morgan fingerprint density at radius 2 is 2.10 bits per heavy atom. The van der Waals surface area contributed by atoms with Crippen LogP contribution >= 0.6 is 0 Å². The van der Waals surface area contributed by atoms with Crippen LogP contribution in [0.2, 0.25) is 0 Å². The number of hydrogen-bond donors (Lipinski definition) is 0. The Morgan fingerprint density at radius 3 is 2.90 bits per heavy atom. The fourth-order valence-corrected chi connectivity index (χ4v) is 1.77. The summed E-state index contributed by atoms with van der Waals surface area (Å²) in [5, 5.41) is 5.24. The summed E-state index contributed by atoms with van der Waals surface area (Å²) in [6.07, 6.45) is 1.56. The summed E-state index contributed by atoms with van der Waals surface area (Å²) in [4.78, 5) is 23.7. The molecule has 2 aromatic rings. The highest BCUT2D eigenvalue weighted by Crippen LogP contribution is 2.06. The van der Waals surface area contributed by atoms with Gasteiger partial charge in [0.25, 0.3) is 5.56 Å². The van der Waals surface area contributed by atoms with Crippen LogP contribution in [0.1, 0.15) is 6.92 Å². The third-order valence-corrected chi connectivity index (χ3v) is 2.74. The lowest BCUT2D eigenvalue weighted by Gasteiger charge is -2.07. The highest BCUT2D eigenvalue weighted by atomic mass is 16.6. The van der Waals surface area contributed by atoms with Crippen LogP contribution in [0.15, 0.2) is 35.3 Å². The third kappa shape index (κ3) is 3.42. The van der Waals surface area contributed by atoms with E-state index in [0.717, 1.165) is 10.1 Å². The number of nitrogens with zero attached hydrogens (tertiary/aromatic N) is 2. The molecule has 1 aromatic heterocycles. The van der Waals surface area contributed by atoms with Crippen LogP contribution in [-0.2, 0) is 20.8 Å². The van der Waals surface area contributed by atoms with Gasteiger partial charge in [-0.15, -0.1) is 0 Å². The zero-order valence-electron chi connectivity index (χ0n) is 11.2. The number of hydrogen-bond acceptors (Lipinski definition) is 5. The van der Waals surface area contributed by atoms with Gasteiger partial charge in [0, 0.05) is 12.0 Å². The molecule has 2 rings (SSSR count). The lowest BCUT2D eigenvalue weighted by atomic mass is 10.2. The molecule has 0 radical (unpaired) electrons. The Kier molecular flexibility index (Phi) is 4.84. The molecule has 20 heavy (non-hydrogen) atoms. The Bertz CT molecular complexity index is 651. The monoisotopic (exact) mass is 276 g/mol. The second-order valence-corrected chi connectivity index (χ2v) is 4.11. The van der Waals surface area contributed by atoms with Crippen molar-refractivity contribution in [3.63, 3.8) is 0 Å². The number of aromatic nitrogens is 2. The van der Waals surface area contributed by atoms with Gasteiger partial charge in [0.15, 0.2) is 0 Å². The van der Waals surface area contributed by atoms with E-state index in [2.05, 4.69) is 5.10 Å². The molecule has 0 fully saturated rings. The fraction of sp³-hybridized carbons (Fsp3) is 0.357. The summed E-state index contributed by atoms with van der Waals surface area (Å²) in [7, 11) is 0. The predicted molar refractivity (Wildman–Crippen MR) is 73.5 cm³/mol. The van der Waals surface area contributed by atoms with Gasteiger partial charge in [-0.25, -0.2) is 4.68 Å². The normalized spacial score (nSPS) is 10.7. The summed E-state index contributed by atoms with van der Waals surface area (Å²) in [6, 6.07) is 7.11. The zero-order chi connectivity index (χ0) is 14.4. The summed E-state index contributed by atoms with van der Waals surface area (Å²) in [6.45, 7) is 2.76. The quantitative estimate of drug-likeness (QED) is 0.581. The molecule has 6 nitrogen and oxygen atoms in total. The molecule has 0 atom stereocenters. The highest BCUT2D eigenvalue weighted by molar-refractivity contribution is 5.80. The van der Waals surface area contributed by atoms with Gasteiger partial charge in [-0.3, -0.25) is 9.59 Å². The van der Waals surface area contributed by atoms with Gasteiger partial charge in [-0.05, 0) is 13.0 Å². The van der Waals surface area contributed by atoms with E-state index in [4.69, 9.17) is 9.47 Å². The van der Waals surface area contributed by atoms with Crippen LogP contribution in [0.3, 0.4) is 0 Å². The average Bonchev–Trinajstić information content (AvgIpc) is 2.47. The molecule has 106 valence electrons. The summed E-state index contributed by atoms with van der Waals surface area (Å²) in [5.41, 5.74) is -0.301. The Labute approximate surface area is 115 Å². The maximum absolute atomic E-state index is 12.1. The topological polar surface area (TPSA) is 70.4 Å². The van der Waals surface area contributed by atoms with E-state index in [1.54, 1.807) is 24.4 Å². The summed E-state index contributed by atoms with van der Waals surface area (Å²) >= 11 is 0. The van der Waals surface area contributed by atoms with Crippen molar-refractivity contribution in [2.75, 3.05) is 19.8 Å². The van der Waals surface area contributed by atoms with Crippen LogP contribution in [0, 0.1) is 0 Å². The van der Waals surface area contributed by atoms with Crippen molar-refractivity contribution in [1.82, 2.24) is 9.78 Å². The van der Waals surface area contributed by atoms with E-state index >= 15 is 0 Å². The number of carbonyl (C=O) groups excluding carboxylic acids is 1. The molecular formula is C14H16N2O4. The van der Waals surface area contributed by atoms with Crippen LogP contribution in [-0.4, -0.2) is 35.6 Å². The number of benzene rings is 1. The van der Waals surface area contributed by atoms with E-state index in [1.807, 2.05) is 13.0 Å². The van der Waals surface area contributed by atoms with Crippen LogP contribution < -0.4 is 5.56 Å². The molecule has 0 aliphatic heterocycles. The first-order valence-corrected chi connectivity index (χ1v) is 6.40. The number of ether oxygens (including phenoxy) is 2. The van der Waals surface area contributed by atoms with E-state index in [1.165, 1.54) is 0 Å². The fourth-order valence-electron chi connectivity index (χ4n) is 1.77. The van der Waals surface area contributed by atoms with Gasteiger partial charge in [0.1, 0.15) is 13.2 Å². The summed E-state index contributed by atoms with van der Waals surface area (Å²) in [5.74, 6) is -0.505. The van der Waals surface area contributed by atoms with Crippen LogP contribution in [0.25, 0.3) is 10.8 Å². The largest absolute Gasteiger partial charge is 0.462 e. The minimum absolute atomic E-state index is 0.176. The molecule has 0 spiro atoms. The molecule has 0 amide bonds. The molecular weight excluding hydrogens is 260 g/mol. The first kappa shape index (κ1) is 14.2. The lowest BCUT2D eigenvalue weighted by molar-refractivity contribution is -0.146. The predicted octanol–water partition coefficient (Wildman–Crippen LogP) is 0.976. The molecule has 0 saturated carbocycles. The van der Waals surface area contributed by atoms with Gasteiger partial charge in [-0.1, -0.05) is 18.2 Å². The van der Waals surface area contributed by atoms with E-state index in [0.29, 0.717) is 18.6 Å². The van der Waals surface area contributed by atoms with Crippen LogP contribution in [0.5, 0.6) is 0 Å². The van der Waals surface area contributed by atoms with E-state index in [-0.39, 0.29) is 18.7 Å². The number of esters is 1. The van der Waals surface area contributed by atoms with Crippen molar-refractivity contribution in [1.29, 1.82) is 0 Å². The van der Waals surface area contributed by atoms with Gasteiger partial charge in [0.2, 0.25) is 0 Å². The minimum Gasteiger partial charge on any atom is -0.462 e. The maximum atomic E-state index is 12.1. The van der Waals surface area contributed by atoms with Gasteiger partial charge in [0.05, 0.1) is 18.2 Å². The van der Waals surface area contributed by atoms with Gasteiger partial charge < -0.3 is 9.47 Å². The molecule has 1 heterocycles. The van der Waals surface area contributed by atoms with Crippen molar-refractivity contribution in [2.24, 2.45) is 0 Å². The van der Waals surface area contributed by atoms with Crippen molar-refractivity contribution in [2.45, 2.75) is 13.5 Å². The van der Waals surface area contributed by atoms with Crippen molar-refractivity contribution in [3.8, 4) is 0 Å². The maximum Gasteiger partial charge on any atom is 0.328 e. The van der Waals surface area contributed by atoms with Gasteiger partial charge >= 0.3 is 5.97 Å². The highest BCUT2D eigenvalue weighted by Gasteiger charge is 2.09. The van der Waals surface area contributed by atoms with Crippen LogP contribution in [0.4, 0.5) is 0 Å². The number of carbonyl (C=O) groups is 1. The Balaban J connectivity index is 2.04. The first-order chi connectivity index (χ1) is 9.72.